The van der Waals surface area contributed by atoms with Gasteiger partial charge in [0.15, 0.2) is 0 Å². The SMILES string of the molecule is CC(C)Oc1cncc(-c2cc(F)ccc2C(=O)O)c1. The van der Waals surface area contributed by atoms with Gasteiger partial charge in [0.05, 0.1) is 17.9 Å². The number of carbonyl (C=O) groups is 1. The van der Waals surface area contributed by atoms with Gasteiger partial charge in [-0.15, -0.1) is 0 Å². The Hall–Kier alpha value is -2.43. The standard InChI is InChI=1S/C15H14FNO3/c1-9(2)20-12-5-10(7-17-8-12)14-6-11(16)3-4-13(14)15(18)19/h3-9H,1-2H3,(H,18,19). The highest BCUT2D eigenvalue weighted by atomic mass is 19.1. The van der Waals surface area contributed by atoms with Crippen molar-refractivity contribution < 1.29 is 19.0 Å². The number of aromatic carboxylic acids is 1. The van der Waals surface area contributed by atoms with Gasteiger partial charge in [0.25, 0.3) is 0 Å². The van der Waals surface area contributed by atoms with Crippen molar-refractivity contribution in [1.29, 1.82) is 0 Å². The molecule has 0 spiro atoms. The van der Waals surface area contributed by atoms with E-state index in [1.54, 1.807) is 6.07 Å². The third kappa shape index (κ3) is 3.12. The normalized spacial score (nSPS) is 10.6. The van der Waals surface area contributed by atoms with Crippen LogP contribution in [0.1, 0.15) is 24.2 Å². The lowest BCUT2D eigenvalue weighted by atomic mass is 10.0. The lowest BCUT2D eigenvalue weighted by Gasteiger charge is -2.11. The van der Waals surface area contributed by atoms with Gasteiger partial charge in [-0.25, -0.2) is 9.18 Å². The lowest BCUT2D eigenvalue weighted by Crippen LogP contribution is -2.06. The monoisotopic (exact) mass is 275 g/mol. The van der Waals surface area contributed by atoms with Crippen molar-refractivity contribution in [3.63, 3.8) is 0 Å². The summed E-state index contributed by atoms with van der Waals surface area (Å²) in [7, 11) is 0. The van der Waals surface area contributed by atoms with E-state index < -0.39 is 11.8 Å². The molecule has 0 saturated carbocycles. The first-order valence-electron chi connectivity index (χ1n) is 6.12. The van der Waals surface area contributed by atoms with E-state index in [2.05, 4.69) is 4.98 Å². The minimum Gasteiger partial charge on any atom is -0.489 e. The summed E-state index contributed by atoms with van der Waals surface area (Å²) in [5, 5.41) is 9.16. The molecule has 20 heavy (non-hydrogen) atoms. The number of hydrogen-bond acceptors (Lipinski definition) is 3. The second-order valence-electron chi connectivity index (χ2n) is 4.57. The number of halogens is 1. The van der Waals surface area contributed by atoms with Crippen molar-refractivity contribution in [2.75, 3.05) is 0 Å². The highest BCUT2D eigenvalue weighted by molar-refractivity contribution is 5.96. The molecule has 0 aliphatic heterocycles. The van der Waals surface area contributed by atoms with E-state index in [-0.39, 0.29) is 17.2 Å². The van der Waals surface area contributed by atoms with Crippen molar-refractivity contribution in [2.45, 2.75) is 20.0 Å². The molecule has 104 valence electrons. The Morgan fingerprint density at radius 2 is 2.05 bits per heavy atom. The summed E-state index contributed by atoms with van der Waals surface area (Å²) in [5.41, 5.74) is 0.800. The van der Waals surface area contributed by atoms with Crippen LogP contribution in [-0.4, -0.2) is 22.2 Å². The quantitative estimate of drug-likeness (QED) is 0.929. The van der Waals surface area contributed by atoms with Gasteiger partial charge in [-0.05, 0) is 38.1 Å². The number of carboxylic acid groups (broad SMARTS) is 1. The molecule has 1 heterocycles. The van der Waals surface area contributed by atoms with E-state index in [0.717, 1.165) is 6.07 Å². The minimum atomic E-state index is -1.12. The van der Waals surface area contributed by atoms with Crippen LogP contribution in [0.4, 0.5) is 4.39 Å². The second-order valence-corrected chi connectivity index (χ2v) is 4.57. The van der Waals surface area contributed by atoms with E-state index in [4.69, 9.17) is 9.84 Å². The Labute approximate surface area is 115 Å². The van der Waals surface area contributed by atoms with Crippen LogP contribution in [0.2, 0.25) is 0 Å². The zero-order valence-electron chi connectivity index (χ0n) is 11.1. The Kier molecular flexibility index (Phi) is 3.98. The van der Waals surface area contributed by atoms with Gasteiger partial charge in [-0.2, -0.15) is 0 Å². The predicted octanol–water partition coefficient (Wildman–Crippen LogP) is 3.37. The molecule has 0 unspecified atom stereocenters. The maximum atomic E-state index is 13.4. The molecule has 0 aliphatic carbocycles. The Bertz CT molecular complexity index is 641. The predicted molar refractivity (Wildman–Crippen MR) is 72.4 cm³/mol. The van der Waals surface area contributed by atoms with Crippen LogP contribution in [-0.2, 0) is 0 Å². The number of benzene rings is 1. The van der Waals surface area contributed by atoms with Gasteiger partial charge in [0.2, 0.25) is 0 Å². The summed E-state index contributed by atoms with van der Waals surface area (Å²) in [4.78, 5) is 15.2. The number of rotatable bonds is 4. The number of pyridine rings is 1. The fourth-order valence-corrected chi connectivity index (χ4v) is 1.84. The van der Waals surface area contributed by atoms with Crippen LogP contribution in [0.5, 0.6) is 5.75 Å². The Morgan fingerprint density at radius 3 is 2.70 bits per heavy atom. The first kappa shape index (κ1) is 14.0. The summed E-state index contributed by atoms with van der Waals surface area (Å²) in [6, 6.07) is 5.19. The molecular formula is C15H14FNO3. The first-order valence-corrected chi connectivity index (χ1v) is 6.12. The summed E-state index contributed by atoms with van der Waals surface area (Å²) >= 11 is 0. The molecule has 0 radical (unpaired) electrons. The average Bonchev–Trinajstić information content (AvgIpc) is 2.37. The van der Waals surface area contributed by atoms with E-state index in [1.807, 2.05) is 13.8 Å². The van der Waals surface area contributed by atoms with Crippen molar-refractivity contribution >= 4 is 5.97 Å². The molecule has 0 aliphatic rings. The maximum Gasteiger partial charge on any atom is 0.336 e. The molecule has 1 aromatic carbocycles. The largest absolute Gasteiger partial charge is 0.489 e. The molecule has 0 amide bonds. The number of ether oxygens (including phenoxy) is 1. The fraction of sp³-hybridized carbons (Fsp3) is 0.200. The van der Waals surface area contributed by atoms with Crippen LogP contribution in [0.15, 0.2) is 36.7 Å². The summed E-state index contributed by atoms with van der Waals surface area (Å²) in [6.07, 6.45) is 2.98. The fourth-order valence-electron chi connectivity index (χ4n) is 1.84. The zero-order valence-corrected chi connectivity index (χ0v) is 11.1. The van der Waals surface area contributed by atoms with Gasteiger partial charge in [0.1, 0.15) is 11.6 Å². The van der Waals surface area contributed by atoms with Gasteiger partial charge < -0.3 is 9.84 Å². The third-order valence-corrected chi connectivity index (χ3v) is 2.61. The zero-order chi connectivity index (χ0) is 14.7. The summed E-state index contributed by atoms with van der Waals surface area (Å²) in [6.45, 7) is 3.75. The Balaban J connectivity index is 2.50. The van der Waals surface area contributed by atoms with Crippen molar-refractivity contribution in [3.8, 4) is 16.9 Å². The van der Waals surface area contributed by atoms with Crippen molar-refractivity contribution in [3.05, 3.63) is 48.0 Å². The van der Waals surface area contributed by atoms with Gasteiger partial charge in [-0.3, -0.25) is 4.98 Å². The van der Waals surface area contributed by atoms with E-state index >= 15 is 0 Å². The molecular weight excluding hydrogens is 261 g/mol. The average molecular weight is 275 g/mol. The first-order chi connectivity index (χ1) is 9.47. The lowest BCUT2D eigenvalue weighted by molar-refractivity contribution is 0.0697. The van der Waals surface area contributed by atoms with Gasteiger partial charge >= 0.3 is 5.97 Å². The number of carboxylic acids is 1. The molecule has 0 fully saturated rings. The van der Waals surface area contributed by atoms with Crippen LogP contribution in [0.3, 0.4) is 0 Å². The topological polar surface area (TPSA) is 59.4 Å². The van der Waals surface area contributed by atoms with Crippen LogP contribution < -0.4 is 4.74 Å². The van der Waals surface area contributed by atoms with Gasteiger partial charge in [0, 0.05) is 17.3 Å². The highest BCUT2D eigenvalue weighted by Crippen LogP contribution is 2.27. The number of aromatic nitrogens is 1. The minimum absolute atomic E-state index is 0.0231. The van der Waals surface area contributed by atoms with E-state index in [0.29, 0.717) is 11.3 Å². The van der Waals surface area contributed by atoms with E-state index in [1.165, 1.54) is 24.5 Å². The molecule has 2 rings (SSSR count). The smallest absolute Gasteiger partial charge is 0.336 e. The van der Waals surface area contributed by atoms with Crippen LogP contribution in [0.25, 0.3) is 11.1 Å². The van der Waals surface area contributed by atoms with E-state index in [9.17, 15) is 9.18 Å². The van der Waals surface area contributed by atoms with Gasteiger partial charge in [-0.1, -0.05) is 0 Å². The highest BCUT2D eigenvalue weighted by Gasteiger charge is 2.13. The maximum absolute atomic E-state index is 13.4. The number of hydrogen-bond donors (Lipinski definition) is 1. The second kappa shape index (κ2) is 5.69. The van der Waals surface area contributed by atoms with Crippen molar-refractivity contribution in [1.82, 2.24) is 4.98 Å². The molecule has 2 aromatic rings. The molecule has 0 atom stereocenters. The molecule has 4 nitrogen and oxygen atoms in total. The third-order valence-electron chi connectivity index (χ3n) is 2.61. The molecule has 5 heteroatoms. The Morgan fingerprint density at radius 1 is 1.30 bits per heavy atom. The van der Waals surface area contributed by atoms with Crippen molar-refractivity contribution in [2.24, 2.45) is 0 Å². The molecule has 1 aromatic heterocycles. The van der Waals surface area contributed by atoms with Crippen LogP contribution >= 0.6 is 0 Å². The summed E-state index contributed by atoms with van der Waals surface area (Å²) < 4.78 is 18.9. The number of nitrogens with zero attached hydrogens (tertiary/aromatic N) is 1. The molecule has 0 saturated heterocycles. The molecule has 1 N–H and O–H groups in total. The molecule has 0 bridgehead atoms. The van der Waals surface area contributed by atoms with Crippen LogP contribution in [0, 0.1) is 5.82 Å². The summed E-state index contributed by atoms with van der Waals surface area (Å²) in [5.74, 6) is -1.10.